The van der Waals surface area contributed by atoms with Gasteiger partial charge in [-0.05, 0) is 12.0 Å². The largest absolute Gasteiger partial charge is 0.465 e. The zero-order valence-electron chi connectivity index (χ0n) is 8.55. The van der Waals surface area contributed by atoms with Crippen LogP contribution in [0.5, 0.6) is 0 Å². The standard InChI is InChI=1S/C10H13N3O2/c1-12-6-9(5-11-12)8-3-2-4-13(7-8)10(14)15/h3,5-6H,2,4,7H2,1H3,(H,14,15). The molecule has 5 nitrogen and oxygen atoms in total. The minimum absolute atomic E-state index is 0.459. The fraction of sp³-hybridized carbons (Fsp3) is 0.400. The summed E-state index contributed by atoms with van der Waals surface area (Å²) in [6.07, 6.45) is 5.66. The monoisotopic (exact) mass is 207 g/mol. The molecule has 0 aromatic carbocycles. The molecule has 1 aliphatic rings. The fourth-order valence-electron chi connectivity index (χ4n) is 1.70. The lowest BCUT2D eigenvalue weighted by atomic mass is 10.1. The molecule has 1 aromatic heterocycles. The van der Waals surface area contributed by atoms with Crippen molar-refractivity contribution in [3.05, 3.63) is 24.0 Å². The normalized spacial score (nSPS) is 16.3. The number of amides is 1. The maximum Gasteiger partial charge on any atom is 0.407 e. The molecule has 2 heterocycles. The van der Waals surface area contributed by atoms with E-state index in [1.807, 2.05) is 13.2 Å². The van der Waals surface area contributed by atoms with E-state index in [0.29, 0.717) is 13.1 Å². The highest BCUT2D eigenvalue weighted by Crippen LogP contribution is 2.19. The molecule has 0 radical (unpaired) electrons. The first-order valence-corrected chi connectivity index (χ1v) is 4.83. The Bertz CT molecular complexity index is 409. The highest BCUT2D eigenvalue weighted by molar-refractivity contribution is 5.73. The van der Waals surface area contributed by atoms with Gasteiger partial charge in [-0.15, -0.1) is 0 Å². The number of aromatic nitrogens is 2. The van der Waals surface area contributed by atoms with E-state index in [0.717, 1.165) is 17.6 Å². The van der Waals surface area contributed by atoms with Crippen molar-refractivity contribution in [3.8, 4) is 0 Å². The summed E-state index contributed by atoms with van der Waals surface area (Å²) in [5.41, 5.74) is 2.04. The molecule has 0 bridgehead atoms. The first-order chi connectivity index (χ1) is 7.16. The molecule has 0 saturated carbocycles. The fourth-order valence-corrected chi connectivity index (χ4v) is 1.70. The van der Waals surface area contributed by atoms with Crippen molar-refractivity contribution in [2.24, 2.45) is 7.05 Å². The first-order valence-electron chi connectivity index (χ1n) is 4.83. The predicted molar refractivity (Wildman–Crippen MR) is 55.4 cm³/mol. The smallest absolute Gasteiger partial charge is 0.407 e. The Morgan fingerprint density at radius 3 is 3.00 bits per heavy atom. The number of hydrogen-bond acceptors (Lipinski definition) is 2. The number of rotatable bonds is 1. The van der Waals surface area contributed by atoms with E-state index in [9.17, 15) is 4.79 Å². The summed E-state index contributed by atoms with van der Waals surface area (Å²) in [5.74, 6) is 0. The molecule has 0 atom stereocenters. The molecular formula is C10H13N3O2. The van der Waals surface area contributed by atoms with Gasteiger partial charge in [0, 0.05) is 31.9 Å². The van der Waals surface area contributed by atoms with Gasteiger partial charge in [-0.25, -0.2) is 4.79 Å². The molecule has 0 fully saturated rings. The van der Waals surface area contributed by atoms with Crippen LogP contribution in [0.3, 0.4) is 0 Å². The number of nitrogens with zero attached hydrogens (tertiary/aromatic N) is 3. The number of aryl methyl sites for hydroxylation is 1. The van der Waals surface area contributed by atoms with E-state index in [4.69, 9.17) is 5.11 Å². The van der Waals surface area contributed by atoms with Crippen molar-refractivity contribution in [1.29, 1.82) is 0 Å². The minimum Gasteiger partial charge on any atom is -0.465 e. The summed E-state index contributed by atoms with van der Waals surface area (Å²) in [4.78, 5) is 12.2. The van der Waals surface area contributed by atoms with Crippen molar-refractivity contribution < 1.29 is 9.90 Å². The van der Waals surface area contributed by atoms with Crippen molar-refractivity contribution in [2.45, 2.75) is 6.42 Å². The molecule has 1 amide bonds. The summed E-state index contributed by atoms with van der Waals surface area (Å²) < 4.78 is 1.72. The van der Waals surface area contributed by atoms with Crippen LogP contribution in [0.2, 0.25) is 0 Å². The van der Waals surface area contributed by atoms with E-state index < -0.39 is 6.09 Å². The van der Waals surface area contributed by atoms with Crippen molar-refractivity contribution in [2.75, 3.05) is 13.1 Å². The minimum atomic E-state index is -0.857. The van der Waals surface area contributed by atoms with Crippen LogP contribution in [-0.2, 0) is 7.05 Å². The van der Waals surface area contributed by atoms with E-state index in [2.05, 4.69) is 11.2 Å². The van der Waals surface area contributed by atoms with Crippen LogP contribution in [-0.4, -0.2) is 39.0 Å². The van der Waals surface area contributed by atoms with Crippen LogP contribution in [0.15, 0.2) is 18.5 Å². The van der Waals surface area contributed by atoms with Gasteiger partial charge in [-0.2, -0.15) is 5.10 Å². The van der Waals surface area contributed by atoms with E-state index in [-0.39, 0.29) is 0 Å². The summed E-state index contributed by atoms with van der Waals surface area (Å²) in [5, 5.41) is 13.0. The van der Waals surface area contributed by atoms with Gasteiger partial charge >= 0.3 is 6.09 Å². The maximum atomic E-state index is 10.8. The lowest BCUT2D eigenvalue weighted by molar-refractivity contribution is 0.150. The third-order valence-electron chi connectivity index (χ3n) is 2.50. The van der Waals surface area contributed by atoms with Crippen molar-refractivity contribution in [1.82, 2.24) is 14.7 Å². The van der Waals surface area contributed by atoms with Crippen LogP contribution in [0, 0.1) is 0 Å². The Labute approximate surface area is 87.6 Å². The molecule has 1 N–H and O–H groups in total. The maximum absolute atomic E-state index is 10.8. The number of hydrogen-bond donors (Lipinski definition) is 1. The van der Waals surface area contributed by atoms with Crippen LogP contribution < -0.4 is 0 Å². The third kappa shape index (κ3) is 2.01. The van der Waals surface area contributed by atoms with Crippen LogP contribution in [0.4, 0.5) is 4.79 Å². The third-order valence-corrected chi connectivity index (χ3v) is 2.50. The second-order valence-electron chi connectivity index (χ2n) is 3.62. The van der Waals surface area contributed by atoms with E-state index >= 15 is 0 Å². The summed E-state index contributed by atoms with van der Waals surface area (Å²) in [7, 11) is 1.85. The lowest BCUT2D eigenvalue weighted by Gasteiger charge is -2.24. The second kappa shape index (κ2) is 3.76. The molecule has 1 aliphatic heterocycles. The molecule has 0 unspecified atom stereocenters. The lowest BCUT2D eigenvalue weighted by Crippen LogP contribution is -2.34. The van der Waals surface area contributed by atoms with Gasteiger partial charge in [0.2, 0.25) is 0 Å². The average Bonchev–Trinajstić information content (AvgIpc) is 2.65. The zero-order valence-corrected chi connectivity index (χ0v) is 8.55. The molecule has 0 saturated heterocycles. The number of carboxylic acid groups (broad SMARTS) is 1. The van der Waals surface area contributed by atoms with E-state index in [1.54, 1.807) is 10.9 Å². The van der Waals surface area contributed by atoms with Gasteiger partial charge in [-0.1, -0.05) is 6.08 Å². The highest BCUT2D eigenvalue weighted by Gasteiger charge is 2.18. The molecule has 15 heavy (non-hydrogen) atoms. The topological polar surface area (TPSA) is 58.4 Å². The van der Waals surface area contributed by atoms with Crippen LogP contribution in [0.1, 0.15) is 12.0 Å². The van der Waals surface area contributed by atoms with Gasteiger partial charge in [0.15, 0.2) is 0 Å². The zero-order chi connectivity index (χ0) is 10.8. The Morgan fingerprint density at radius 1 is 1.60 bits per heavy atom. The van der Waals surface area contributed by atoms with Crippen molar-refractivity contribution in [3.63, 3.8) is 0 Å². The summed E-state index contributed by atoms with van der Waals surface area (Å²) in [6.45, 7) is 1.04. The molecular weight excluding hydrogens is 194 g/mol. The second-order valence-corrected chi connectivity index (χ2v) is 3.62. The summed E-state index contributed by atoms with van der Waals surface area (Å²) in [6, 6.07) is 0. The van der Waals surface area contributed by atoms with Crippen LogP contribution in [0.25, 0.3) is 5.57 Å². The Hall–Kier alpha value is -1.78. The van der Waals surface area contributed by atoms with Crippen LogP contribution >= 0.6 is 0 Å². The molecule has 80 valence electrons. The van der Waals surface area contributed by atoms with Crippen molar-refractivity contribution >= 4 is 11.7 Å². The summed E-state index contributed by atoms with van der Waals surface area (Å²) >= 11 is 0. The molecule has 0 spiro atoms. The molecule has 1 aromatic rings. The van der Waals surface area contributed by atoms with Gasteiger partial charge in [0.05, 0.1) is 6.20 Å². The quantitative estimate of drug-likeness (QED) is 0.752. The van der Waals surface area contributed by atoms with Gasteiger partial charge in [0.1, 0.15) is 0 Å². The average molecular weight is 207 g/mol. The highest BCUT2D eigenvalue weighted by atomic mass is 16.4. The number of carbonyl (C=O) groups is 1. The van der Waals surface area contributed by atoms with Gasteiger partial charge < -0.3 is 10.0 Å². The molecule has 0 aliphatic carbocycles. The predicted octanol–water partition coefficient (Wildman–Crippen LogP) is 1.19. The van der Waals surface area contributed by atoms with Gasteiger partial charge in [0.25, 0.3) is 0 Å². The van der Waals surface area contributed by atoms with Gasteiger partial charge in [-0.3, -0.25) is 4.68 Å². The molecule has 2 rings (SSSR count). The Kier molecular flexibility index (Phi) is 2.45. The SMILES string of the molecule is Cn1cc(C2=CCCN(C(=O)O)C2)cn1. The molecule has 5 heteroatoms. The Morgan fingerprint density at radius 2 is 2.40 bits per heavy atom. The first kappa shape index (κ1) is 9.76. The van der Waals surface area contributed by atoms with E-state index in [1.165, 1.54) is 4.90 Å². The Balaban J connectivity index is 2.17.